The Morgan fingerprint density at radius 1 is 0.600 bits per heavy atom. The summed E-state index contributed by atoms with van der Waals surface area (Å²) in [6.07, 6.45) is 17.3. The van der Waals surface area contributed by atoms with Gasteiger partial charge in [-0.3, -0.25) is 19.2 Å². The van der Waals surface area contributed by atoms with Gasteiger partial charge in [-0.25, -0.2) is 34.7 Å². The van der Waals surface area contributed by atoms with E-state index in [1.165, 1.54) is 7.94 Å². The molecular formula is C52H60N10O6S2. The number of rotatable bonds is 15. The summed E-state index contributed by atoms with van der Waals surface area (Å²) in [6, 6.07) is 21.0. The van der Waals surface area contributed by atoms with Gasteiger partial charge in [-0.05, 0) is 73.7 Å². The van der Waals surface area contributed by atoms with Crippen LogP contribution in [-0.2, 0) is 49.0 Å². The second kappa shape index (κ2) is 21.4. The summed E-state index contributed by atoms with van der Waals surface area (Å²) in [4.78, 5) is 14.4. The predicted octanol–water partition coefficient (Wildman–Crippen LogP) is 7.56. The fourth-order valence-electron chi connectivity index (χ4n) is 8.84. The van der Waals surface area contributed by atoms with Crippen molar-refractivity contribution in [2.24, 2.45) is 5.92 Å². The Morgan fingerprint density at radius 3 is 1.51 bits per heavy atom. The fourth-order valence-corrected chi connectivity index (χ4v) is 11.5. The highest BCUT2D eigenvalue weighted by molar-refractivity contribution is 7.90. The van der Waals surface area contributed by atoms with E-state index in [0.717, 1.165) is 135 Å². The third-order valence-electron chi connectivity index (χ3n) is 12.4. The summed E-state index contributed by atoms with van der Waals surface area (Å²) < 4.78 is 71.3. The van der Waals surface area contributed by atoms with Crippen LogP contribution in [0.15, 0.2) is 138 Å². The van der Waals surface area contributed by atoms with Crippen LogP contribution in [-0.4, -0.2) is 130 Å². The van der Waals surface area contributed by atoms with Gasteiger partial charge in [0.2, 0.25) is 0 Å². The topological polar surface area (TPSA) is 164 Å². The van der Waals surface area contributed by atoms with Crippen LogP contribution in [0.2, 0.25) is 0 Å². The molecule has 0 radical (unpaired) electrons. The van der Waals surface area contributed by atoms with Crippen LogP contribution in [0, 0.1) is 5.92 Å². The second-order valence-corrected chi connectivity index (χ2v) is 22.0. The van der Waals surface area contributed by atoms with Crippen molar-refractivity contribution in [1.82, 2.24) is 47.3 Å². The lowest BCUT2D eigenvalue weighted by Crippen LogP contribution is -2.38. The number of aromatic nitrogens is 8. The summed E-state index contributed by atoms with van der Waals surface area (Å²) in [7, 11) is -7.61. The largest absolute Gasteiger partial charge is 0.379 e. The molecule has 70 heavy (non-hydrogen) atoms. The van der Waals surface area contributed by atoms with E-state index in [-0.39, 0.29) is 9.79 Å². The second-order valence-electron chi connectivity index (χ2n) is 18.4. The van der Waals surface area contributed by atoms with Crippen LogP contribution < -0.4 is 0 Å². The highest BCUT2D eigenvalue weighted by Gasteiger charge is 2.26. The maximum absolute atomic E-state index is 13.5. The van der Waals surface area contributed by atoms with Crippen molar-refractivity contribution in [3.63, 3.8) is 0 Å². The first kappa shape index (κ1) is 48.7. The molecule has 6 aromatic heterocycles. The third kappa shape index (κ3) is 11.0. The Bertz CT molecular complexity index is 3310. The van der Waals surface area contributed by atoms with E-state index in [9.17, 15) is 16.8 Å². The van der Waals surface area contributed by atoms with E-state index < -0.39 is 20.0 Å². The highest BCUT2D eigenvalue weighted by Crippen LogP contribution is 2.35. The molecule has 10 rings (SSSR count). The molecule has 2 aliphatic rings. The monoisotopic (exact) mass is 984 g/mol. The van der Waals surface area contributed by atoms with Gasteiger partial charge in [0.15, 0.2) is 11.3 Å². The minimum absolute atomic E-state index is 0.222. The number of hydrogen-bond donors (Lipinski definition) is 0. The first-order valence-electron chi connectivity index (χ1n) is 23.8. The summed E-state index contributed by atoms with van der Waals surface area (Å²) in [6.45, 7) is 18.5. The third-order valence-corrected chi connectivity index (χ3v) is 15.7. The number of morpholine rings is 2. The molecule has 0 amide bonds. The zero-order valence-electron chi connectivity index (χ0n) is 40.1. The zero-order chi connectivity index (χ0) is 48.8. The first-order chi connectivity index (χ1) is 33.8. The molecule has 2 aromatic carbocycles. The van der Waals surface area contributed by atoms with Gasteiger partial charge in [0.05, 0.1) is 61.7 Å². The van der Waals surface area contributed by atoms with Gasteiger partial charge in [-0.2, -0.15) is 10.2 Å². The van der Waals surface area contributed by atoms with Crippen molar-refractivity contribution in [1.29, 1.82) is 0 Å². The maximum atomic E-state index is 13.5. The lowest BCUT2D eigenvalue weighted by molar-refractivity contribution is 0.0359. The van der Waals surface area contributed by atoms with Crippen molar-refractivity contribution < 1.29 is 26.3 Å². The number of pyridine rings is 2. The number of fused-ring (bicyclic) bond motifs is 2. The Hall–Kier alpha value is -6.28. The molecule has 0 unspecified atom stereocenters. The molecule has 8 aromatic rings. The van der Waals surface area contributed by atoms with Gasteiger partial charge in [0.1, 0.15) is 0 Å². The van der Waals surface area contributed by atoms with Crippen LogP contribution >= 0.6 is 0 Å². The van der Waals surface area contributed by atoms with Crippen LogP contribution in [0.5, 0.6) is 0 Å². The fraction of sp³-hybridized carbons (Fsp3) is 0.346. The summed E-state index contributed by atoms with van der Waals surface area (Å²) >= 11 is 0. The van der Waals surface area contributed by atoms with Gasteiger partial charge in [0, 0.05) is 109 Å². The van der Waals surface area contributed by atoms with E-state index in [4.69, 9.17) is 9.47 Å². The molecule has 0 bridgehead atoms. The van der Waals surface area contributed by atoms with Crippen LogP contribution in [0.3, 0.4) is 0 Å². The molecule has 2 saturated heterocycles. The average molecular weight is 985 g/mol. The molecule has 18 heteroatoms. The summed E-state index contributed by atoms with van der Waals surface area (Å²) in [5.74, 6) is 0.468. The van der Waals surface area contributed by atoms with Gasteiger partial charge in [-0.15, -0.1) is 0 Å². The Morgan fingerprint density at radius 2 is 1.06 bits per heavy atom. The molecule has 0 spiro atoms. The quantitative estimate of drug-likeness (QED) is 0.0992. The SMILES string of the molecule is CC(C)=Cc1cnc2c(c1)c(-c1cnn(CCN3CCOCC3)c1)cn2S(=O)(=O)c1ccccc1.CC(C)Cc1cnc2c(c1)c(-c1cnn(CCN3CCOCC3)c1)cn2S(=O)(=O)c1ccccc1. The Labute approximate surface area is 409 Å². The van der Waals surface area contributed by atoms with Gasteiger partial charge < -0.3 is 9.47 Å². The number of benzene rings is 2. The zero-order valence-corrected chi connectivity index (χ0v) is 41.8. The molecule has 366 valence electrons. The minimum Gasteiger partial charge on any atom is -0.379 e. The molecule has 16 nitrogen and oxygen atoms in total. The average Bonchev–Trinajstić information content (AvgIpc) is 4.19. The van der Waals surface area contributed by atoms with Gasteiger partial charge >= 0.3 is 0 Å². The normalized spacial score (nSPS) is 15.1. The van der Waals surface area contributed by atoms with Crippen LogP contribution in [0.4, 0.5) is 0 Å². The van der Waals surface area contributed by atoms with Crippen molar-refractivity contribution in [3.05, 3.63) is 139 Å². The highest BCUT2D eigenvalue weighted by atomic mass is 32.2. The molecule has 8 heterocycles. The van der Waals surface area contributed by atoms with E-state index >= 15 is 0 Å². The summed E-state index contributed by atoms with van der Waals surface area (Å²) in [5.41, 5.74) is 7.31. The van der Waals surface area contributed by atoms with E-state index in [2.05, 4.69) is 49.9 Å². The van der Waals surface area contributed by atoms with Gasteiger partial charge in [-0.1, -0.05) is 61.9 Å². The Balaban J connectivity index is 0.000000174. The van der Waals surface area contributed by atoms with Gasteiger partial charge in [0.25, 0.3) is 20.0 Å². The maximum Gasteiger partial charge on any atom is 0.269 e. The molecule has 0 saturated carbocycles. The van der Waals surface area contributed by atoms with Crippen LogP contribution in [0.25, 0.3) is 50.4 Å². The van der Waals surface area contributed by atoms with E-state index in [0.29, 0.717) is 17.2 Å². The lowest BCUT2D eigenvalue weighted by atomic mass is 10.0. The predicted molar refractivity (Wildman–Crippen MR) is 272 cm³/mol. The lowest BCUT2D eigenvalue weighted by Gasteiger charge is -2.26. The van der Waals surface area contributed by atoms with Crippen molar-refractivity contribution >= 4 is 48.2 Å². The van der Waals surface area contributed by atoms with Crippen LogP contribution in [0.1, 0.15) is 38.8 Å². The number of hydrogen-bond acceptors (Lipinski definition) is 12. The van der Waals surface area contributed by atoms with E-state index in [1.807, 2.05) is 53.9 Å². The minimum atomic E-state index is -3.81. The van der Waals surface area contributed by atoms with E-state index in [1.54, 1.807) is 91.6 Å². The first-order valence-corrected chi connectivity index (χ1v) is 26.6. The number of nitrogens with zero attached hydrogens (tertiary/aromatic N) is 10. The summed E-state index contributed by atoms with van der Waals surface area (Å²) in [5, 5.41) is 10.7. The van der Waals surface area contributed by atoms with Crippen molar-refractivity contribution in [2.45, 2.75) is 57.0 Å². The van der Waals surface area contributed by atoms with Crippen molar-refractivity contribution in [3.8, 4) is 22.3 Å². The molecular weight excluding hydrogens is 925 g/mol. The molecule has 2 fully saturated rings. The smallest absolute Gasteiger partial charge is 0.269 e. The van der Waals surface area contributed by atoms with Crippen molar-refractivity contribution in [2.75, 3.05) is 65.7 Å². The number of allylic oxidation sites excluding steroid dienone is 1. The molecule has 0 aliphatic carbocycles. The molecule has 0 atom stereocenters. The molecule has 2 aliphatic heterocycles. The number of ether oxygens (including phenoxy) is 2. The Kier molecular flexibility index (Phi) is 14.9. The molecule has 0 N–H and O–H groups in total. The standard InChI is InChI=1S/C26H31N5O3S.C26H29N5O3S/c2*1-20(2)14-21-15-24-25(22-17-28-30(18-22)9-8-29-10-12-34-13-11-29)19-31(26(24)27-16-21)35(32,33)23-6-4-3-5-7-23/h3-7,15-20H,8-14H2,1-2H3;3-7,14-19H,8-13H2,1-2H3.